The van der Waals surface area contributed by atoms with Crippen LogP contribution in [0.1, 0.15) is 33.6 Å². The van der Waals surface area contributed by atoms with Gasteiger partial charge in [-0.1, -0.05) is 27.2 Å². The van der Waals surface area contributed by atoms with E-state index in [0.717, 1.165) is 12.8 Å². The molecular formula is C8H20BrMgO+. The first-order valence-corrected chi connectivity index (χ1v) is 3.59. The number of hydrogen-bond acceptors (Lipinski definition) is 1. The summed E-state index contributed by atoms with van der Waals surface area (Å²) in [6, 6.07) is 0. The van der Waals surface area contributed by atoms with Crippen LogP contribution < -0.4 is 0 Å². The fourth-order valence-electron chi connectivity index (χ4n) is 0.158. The van der Waals surface area contributed by atoms with Crippen LogP contribution in [0.25, 0.3) is 0 Å². The van der Waals surface area contributed by atoms with Crippen molar-refractivity contribution in [3.63, 3.8) is 0 Å². The summed E-state index contributed by atoms with van der Waals surface area (Å²) >= 11 is 0. The van der Waals surface area contributed by atoms with Crippen LogP contribution in [0.5, 0.6) is 0 Å². The molecule has 0 atom stereocenters. The van der Waals surface area contributed by atoms with Crippen LogP contribution in [-0.2, 0) is 0 Å². The van der Waals surface area contributed by atoms with Crippen molar-refractivity contribution < 1.29 is 5.11 Å². The maximum atomic E-state index is 8.07. The smallest absolute Gasteiger partial charge is 0.396 e. The Hall–Kier alpha value is 1.21. The first kappa shape index (κ1) is 22.8. The summed E-state index contributed by atoms with van der Waals surface area (Å²) in [6.45, 7) is 10.1. The normalized spacial score (nSPS) is 7.09. The van der Waals surface area contributed by atoms with E-state index in [0.29, 0.717) is 12.5 Å². The van der Waals surface area contributed by atoms with E-state index < -0.39 is 0 Å². The summed E-state index contributed by atoms with van der Waals surface area (Å²) in [5, 5.41) is 8.07. The van der Waals surface area contributed by atoms with Gasteiger partial charge in [0, 0.05) is 6.61 Å². The first-order valence-electron chi connectivity index (χ1n) is 3.59. The molecule has 0 bridgehead atoms. The second-order valence-corrected chi connectivity index (χ2v) is 2.47. The van der Waals surface area contributed by atoms with Gasteiger partial charge < -0.3 is 12.0 Å². The number of halogens is 1. The van der Waals surface area contributed by atoms with Crippen molar-refractivity contribution in [2.45, 2.75) is 33.6 Å². The molecule has 0 fully saturated rings. The van der Waals surface area contributed by atoms with Gasteiger partial charge in [0.2, 0.25) is 0 Å². The molecule has 11 heavy (non-hydrogen) atoms. The van der Waals surface area contributed by atoms with Gasteiger partial charge in [-0.2, -0.15) is 5.92 Å². The number of hydrogen-bond donors (Lipinski definition) is 1. The van der Waals surface area contributed by atoms with E-state index in [4.69, 9.17) is 5.11 Å². The monoisotopic (exact) mass is 235 g/mol. The van der Waals surface area contributed by atoms with E-state index >= 15 is 0 Å². The van der Waals surface area contributed by atoms with E-state index in [2.05, 4.69) is 27.7 Å². The first-order chi connectivity index (χ1) is 4.15. The number of unbranched alkanes of at least 4 members (excludes halogenated alkanes) is 1. The molecule has 0 heterocycles. The van der Waals surface area contributed by atoms with E-state index in [1.54, 1.807) is 0 Å². The third-order valence-corrected chi connectivity index (χ3v) is 0.512. The Labute approximate surface area is 97.9 Å². The molecule has 0 spiro atoms. The Bertz CT molecular complexity index is 38.3. The molecule has 66 valence electrons. The van der Waals surface area contributed by atoms with Gasteiger partial charge in [-0.3, -0.25) is 0 Å². The van der Waals surface area contributed by atoms with Crippen LogP contribution in [-0.4, -0.2) is 34.8 Å². The van der Waals surface area contributed by atoms with Gasteiger partial charge in [0.05, 0.1) is 0 Å². The number of aliphatic hydroxyl groups excluding tert-OH is 1. The number of aliphatic hydroxyl groups is 1. The van der Waals surface area contributed by atoms with Crippen LogP contribution in [0.4, 0.5) is 0 Å². The van der Waals surface area contributed by atoms with Crippen molar-refractivity contribution in [1.82, 2.24) is 0 Å². The zero-order valence-electron chi connectivity index (χ0n) is 7.97. The van der Waals surface area contributed by atoms with Crippen LogP contribution in [0.3, 0.4) is 0 Å². The molecule has 0 unspecified atom stereocenters. The Kier molecular flexibility index (Phi) is 46.5. The van der Waals surface area contributed by atoms with E-state index in [9.17, 15) is 0 Å². The van der Waals surface area contributed by atoms with E-state index in [-0.39, 0.29) is 40.0 Å². The standard InChI is InChI=1S/C4H10O.C4H9.BrH.Mg/c1-2-3-4-5;1-4(2)3;;/h5H,2-4H2,1H3;4H,1H2,2-3H3;1H;/q;-1;;+2. The molecule has 3 heteroatoms. The number of rotatable bonds is 2. The molecule has 0 aromatic carbocycles. The van der Waals surface area contributed by atoms with Crippen molar-refractivity contribution in [2.24, 2.45) is 5.92 Å². The molecule has 0 rings (SSSR count). The van der Waals surface area contributed by atoms with Crippen molar-refractivity contribution in [3.05, 3.63) is 6.92 Å². The molecule has 0 aromatic heterocycles. The van der Waals surface area contributed by atoms with Gasteiger partial charge in [-0.05, 0) is 6.42 Å². The summed E-state index contributed by atoms with van der Waals surface area (Å²) in [5.74, 6) is 0.583. The van der Waals surface area contributed by atoms with Crippen molar-refractivity contribution >= 4 is 40.0 Å². The second kappa shape index (κ2) is 22.5. The summed E-state index contributed by atoms with van der Waals surface area (Å²) in [5.41, 5.74) is 0. The van der Waals surface area contributed by atoms with Crippen LogP contribution in [0.15, 0.2) is 0 Å². The average molecular weight is 236 g/mol. The van der Waals surface area contributed by atoms with E-state index in [1.807, 2.05) is 0 Å². The Morgan fingerprint density at radius 2 is 1.64 bits per heavy atom. The average Bonchev–Trinajstić information content (AvgIpc) is 1.66. The predicted octanol–water partition coefficient (Wildman–Crippen LogP) is 2.45. The largest absolute Gasteiger partial charge is 2.00 e. The summed E-state index contributed by atoms with van der Waals surface area (Å²) in [6.07, 6.45) is 2.04. The van der Waals surface area contributed by atoms with Gasteiger partial charge >= 0.3 is 23.1 Å². The zero-order chi connectivity index (χ0) is 7.70. The minimum atomic E-state index is 0. The molecule has 0 aliphatic heterocycles. The van der Waals surface area contributed by atoms with E-state index in [1.165, 1.54) is 0 Å². The maximum absolute atomic E-state index is 8.07. The minimum Gasteiger partial charge on any atom is -0.396 e. The molecule has 0 aliphatic carbocycles. The van der Waals surface area contributed by atoms with Crippen LogP contribution in [0, 0.1) is 12.8 Å². The fraction of sp³-hybridized carbons (Fsp3) is 0.875. The second-order valence-electron chi connectivity index (χ2n) is 2.47. The molecule has 1 N–H and O–H groups in total. The van der Waals surface area contributed by atoms with Crippen LogP contribution >= 0.6 is 17.0 Å². The maximum Gasteiger partial charge on any atom is 2.00 e. The Balaban J connectivity index is -0.0000000383. The van der Waals surface area contributed by atoms with Gasteiger partial charge in [0.15, 0.2) is 0 Å². The summed E-state index contributed by atoms with van der Waals surface area (Å²) in [4.78, 5) is 0. The third-order valence-electron chi connectivity index (χ3n) is 0.512. The fourth-order valence-corrected chi connectivity index (χ4v) is 0.158. The van der Waals surface area contributed by atoms with Crippen molar-refractivity contribution in [3.8, 4) is 0 Å². The molecule has 0 amide bonds. The van der Waals surface area contributed by atoms with Crippen molar-refractivity contribution in [1.29, 1.82) is 0 Å². The molecule has 0 aromatic rings. The van der Waals surface area contributed by atoms with Crippen molar-refractivity contribution in [2.75, 3.05) is 6.61 Å². The quantitative estimate of drug-likeness (QED) is 0.577. The predicted molar refractivity (Wildman–Crippen MR) is 58.3 cm³/mol. The molecule has 0 saturated heterocycles. The third kappa shape index (κ3) is 92.4. The van der Waals surface area contributed by atoms with Gasteiger partial charge in [-0.25, -0.2) is 0 Å². The molecule has 1 nitrogen and oxygen atoms in total. The molecule has 0 radical (unpaired) electrons. The SMILES string of the molecule is Br.CCCCO.[CH2-]C(C)C.[Mg+2]. The zero-order valence-corrected chi connectivity index (χ0v) is 11.1. The Morgan fingerprint density at radius 1 is 1.36 bits per heavy atom. The molecule has 0 aliphatic rings. The Morgan fingerprint density at radius 3 is 1.64 bits per heavy atom. The van der Waals surface area contributed by atoms with Gasteiger partial charge in [0.1, 0.15) is 0 Å². The molecular weight excluding hydrogens is 216 g/mol. The topological polar surface area (TPSA) is 20.2 Å². The minimum absolute atomic E-state index is 0. The summed E-state index contributed by atoms with van der Waals surface area (Å²) in [7, 11) is 0. The molecule has 0 saturated carbocycles. The van der Waals surface area contributed by atoms with Gasteiger partial charge in [0.25, 0.3) is 0 Å². The van der Waals surface area contributed by atoms with Crippen LogP contribution in [0.2, 0.25) is 0 Å². The van der Waals surface area contributed by atoms with Gasteiger partial charge in [-0.15, -0.1) is 17.0 Å². The summed E-state index contributed by atoms with van der Waals surface area (Å²) < 4.78 is 0.